The molecule has 2 radical (unpaired) electrons. The molecule has 0 amide bonds. The lowest BCUT2D eigenvalue weighted by Gasteiger charge is -2.58. The number of ether oxygens (including phenoxy) is 1. The van der Waals surface area contributed by atoms with Gasteiger partial charge in [0.05, 0.1) is 17.7 Å². The van der Waals surface area contributed by atoms with Crippen LogP contribution in [0.4, 0.5) is 14.5 Å². The molecule has 1 saturated heterocycles. The molecule has 34 heavy (non-hydrogen) atoms. The third kappa shape index (κ3) is 4.61. The van der Waals surface area contributed by atoms with Crippen molar-refractivity contribution >= 4 is 11.7 Å². The number of carbonyl (C=O) groups excluding carboxylic acids is 1. The fraction of sp³-hybridized carbons (Fsp3) is 0.630. The molecule has 1 saturated carbocycles. The fourth-order valence-corrected chi connectivity index (χ4v) is 6.11. The molecule has 2 fully saturated rings. The summed E-state index contributed by atoms with van der Waals surface area (Å²) in [6, 6.07) is 3.73. The molecule has 2 aliphatic carbocycles. The quantitative estimate of drug-likeness (QED) is 0.511. The monoisotopic (exact) mass is 474 g/mol. The zero-order valence-electron chi connectivity index (χ0n) is 20.6. The maximum absolute atomic E-state index is 14.2. The van der Waals surface area contributed by atoms with E-state index >= 15 is 0 Å². The molecule has 186 valence electrons. The second kappa shape index (κ2) is 9.57. The number of hydrogen-bond donors (Lipinski definition) is 1. The van der Waals surface area contributed by atoms with Gasteiger partial charge >= 0.3 is 5.97 Å². The Bertz CT molecular complexity index is 946. The number of hydrogen-bond acceptors (Lipinski definition) is 5. The van der Waals surface area contributed by atoms with Gasteiger partial charge in [-0.25, -0.2) is 8.78 Å². The number of rotatable bonds is 5. The van der Waals surface area contributed by atoms with E-state index in [4.69, 9.17) is 4.74 Å². The molecule has 0 bridgehead atoms. The van der Waals surface area contributed by atoms with Crippen molar-refractivity contribution in [2.45, 2.75) is 58.7 Å². The van der Waals surface area contributed by atoms with Crippen molar-refractivity contribution in [3.63, 3.8) is 0 Å². The minimum atomic E-state index is -1.18. The first-order valence-electron chi connectivity index (χ1n) is 12.3. The lowest BCUT2D eigenvalue weighted by atomic mass is 9.51. The molecule has 0 unspecified atom stereocenters. The van der Waals surface area contributed by atoms with Crippen molar-refractivity contribution < 1.29 is 23.4 Å². The molecular formula is C27H36F2N2O3. The molecule has 0 aromatic heterocycles. The second-order valence-corrected chi connectivity index (χ2v) is 10.5. The van der Waals surface area contributed by atoms with Crippen LogP contribution >= 0.6 is 0 Å². The molecular weight excluding hydrogens is 438 g/mol. The van der Waals surface area contributed by atoms with Crippen LogP contribution in [0.1, 0.15) is 47.0 Å². The number of aliphatic hydroxyl groups is 1. The zero-order chi connectivity index (χ0) is 24.7. The number of fused-ring (bicyclic) bond motifs is 1. The average Bonchev–Trinajstić information content (AvgIpc) is 2.76. The summed E-state index contributed by atoms with van der Waals surface area (Å²) in [5, 5.41) is 12.0. The van der Waals surface area contributed by atoms with Crippen LogP contribution in [-0.4, -0.2) is 60.4 Å². The first-order valence-corrected chi connectivity index (χ1v) is 12.3. The topological polar surface area (TPSA) is 53.0 Å². The summed E-state index contributed by atoms with van der Waals surface area (Å²) in [6.45, 7) is 11.3. The van der Waals surface area contributed by atoms with Crippen molar-refractivity contribution in [2.75, 3.05) is 37.6 Å². The summed E-state index contributed by atoms with van der Waals surface area (Å²) in [7, 11) is 0. The van der Waals surface area contributed by atoms with Crippen LogP contribution < -0.4 is 4.90 Å². The van der Waals surface area contributed by atoms with E-state index in [-0.39, 0.29) is 17.8 Å². The van der Waals surface area contributed by atoms with Crippen LogP contribution in [0.2, 0.25) is 0 Å². The molecule has 0 spiro atoms. The van der Waals surface area contributed by atoms with Gasteiger partial charge in [-0.15, -0.1) is 0 Å². The van der Waals surface area contributed by atoms with Gasteiger partial charge in [0.25, 0.3) is 0 Å². The molecule has 1 aromatic carbocycles. The molecule has 5 atom stereocenters. The molecule has 5 nitrogen and oxygen atoms in total. The Morgan fingerprint density at radius 1 is 1.29 bits per heavy atom. The van der Waals surface area contributed by atoms with Gasteiger partial charge in [-0.3, -0.25) is 9.69 Å². The standard InChI is InChI=1S/C27H36F2N2O3/c1-18-14-21-6-5-9-26(4,27(21,33)16-25(18)34-20(3)32)19(2)17-30-10-12-31(13-11-30)24-8-7-22(28)15-23(24)29/h7-8,14-15,19,21,25,33H,5-6,9-13,17H2,1-4H3/t19-,21+,25-,26-,27-/m1/s1. The van der Waals surface area contributed by atoms with Crippen molar-refractivity contribution in [1.29, 1.82) is 0 Å². The van der Waals surface area contributed by atoms with E-state index in [0.29, 0.717) is 18.8 Å². The highest BCUT2D eigenvalue weighted by molar-refractivity contribution is 5.66. The summed E-state index contributed by atoms with van der Waals surface area (Å²) >= 11 is 0. The third-order valence-corrected chi connectivity index (χ3v) is 8.37. The fourth-order valence-electron chi connectivity index (χ4n) is 6.11. The zero-order valence-corrected chi connectivity index (χ0v) is 20.6. The molecule has 4 rings (SSSR count). The molecule has 1 aromatic rings. The van der Waals surface area contributed by atoms with Crippen molar-refractivity contribution in [1.82, 2.24) is 4.90 Å². The summed E-state index contributed by atoms with van der Waals surface area (Å²) in [5.41, 5.74) is -0.240. The predicted octanol–water partition coefficient (Wildman–Crippen LogP) is 4.23. The van der Waals surface area contributed by atoms with Crippen LogP contribution in [0.25, 0.3) is 0 Å². The van der Waals surface area contributed by atoms with Crippen LogP contribution in [0.5, 0.6) is 0 Å². The number of halogens is 2. The van der Waals surface area contributed by atoms with Crippen molar-refractivity contribution in [3.8, 4) is 0 Å². The average molecular weight is 475 g/mol. The number of piperazine rings is 1. The third-order valence-electron chi connectivity index (χ3n) is 8.37. The maximum Gasteiger partial charge on any atom is 0.303 e. The Hall–Kier alpha value is -1.99. The van der Waals surface area contributed by atoms with Crippen LogP contribution in [0.3, 0.4) is 0 Å². The van der Waals surface area contributed by atoms with E-state index in [1.165, 1.54) is 19.1 Å². The summed E-state index contributed by atoms with van der Waals surface area (Å²) in [6.07, 6.45) is 7.53. The molecule has 3 aliphatic rings. The number of benzene rings is 1. The number of carbonyl (C=O) groups is 1. The molecule has 1 aliphatic heterocycles. The van der Waals surface area contributed by atoms with Gasteiger partial charge in [-0.1, -0.05) is 26.3 Å². The van der Waals surface area contributed by atoms with Crippen LogP contribution in [0.15, 0.2) is 29.8 Å². The van der Waals surface area contributed by atoms with E-state index in [1.807, 2.05) is 11.8 Å². The first kappa shape index (κ1) is 25.1. The lowest BCUT2D eigenvalue weighted by molar-refractivity contribution is -0.160. The highest BCUT2D eigenvalue weighted by atomic mass is 19.1. The summed E-state index contributed by atoms with van der Waals surface area (Å²) in [4.78, 5) is 15.9. The van der Waals surface area contributed by atoms with Gasteiger partial charge < -0.3 is 14.7 Å². The van der Waals surface area contributed by atoms with E-state index < -0.39 is 28.8 Å². The SMILES string of the molecule is CC(=O)O[C@@H]1[C][C@@]2(O)[C@H](C=C1C)CCC[C@]2(C)[C@H](C)CN1CCN(c2ccc(F)cc2F)CC1. The second-order valence-electron chi connectivity index (χ2n) is 10.5. The van der Waals surface area contributed by atoms with E-state index in [1.54, 1.807) is 0 Å². The van der Waals surface area contributed by atoms with E-state index in [0.717, 1.165) is 50.5 Å². The maximum atomic E-state index is 14.2. The van der Waals surface area contributed by atoms with E-state index in [9.17, 15) is 18.7 Å². The first-order chi connectivity index (χ1) is 16.0. The molecule has 1 heterocycles. The minimum Gasteiger partial charge on any atom is -0.457 e. The number of nitrogens with zero attached hydrogens (tertiary/aromatic N) is 2. The summed E-state index contributed by atoms with van der Waals surface area (Å²) in [5.74, 6) is -1.36. The minimum absolute atomic E-state index is 0.0428. The molecule has 1 N–H and O–H groups in total. The summed E-state index contributed by atoms with van der Waals surface area (Å²) < 4.78 is 32.9. The predicted molar refractivity (Wildman–Crippen MR) is 127 cm³/mol. The van der Waals surface area contributed by atoms with Gasteiger partial charge in [-0.05, 0) is 43.4 Å². The lowest BCUT2D eigenvalue weighted by Crippen LogP contribution is -2.62. The van der Waals surface area contributed by atoms with Gasteiger partial charge in [-0.2, -0.15) is 0 Å². The Morgan fingerprint density at radius 2 is 2.00 bits per heavy atom. The van der Waals surface area contributed by atoms with Gasteiger partial charge in [0, 0.05) is 57.0 Å². The Labute approximate surface area is 201 Å². The Kier molecular flexibility index (Phi) is 7.07. The van der Waals surface area contributed by atoms with Gasteiger partial charge in [0.1, 0.15) is 17.7 Å². The Balaban J connectivity index is 1.44. The number of anilines is 1. The van der Waals surface area contributed by atoms with Gasteiger partial charge in [0.2, 0.25) is 0 Å². The smallest absolute Gasteiger partial charge is 0.303 e. The largest absolute Gasteiger partial charge is 0.457 e. The van der Waals surface area contributed by atoms with Crippen LogP contribution in [-0.2, 0) is 9.53 Å². The highest BCUT2D eigenvalue weighted by Crippen LogP contribution is 2.56. The highest BCUT2D eigenvalue weighted by Gasteiger charge is 2.59. The number of esters is 1. The van der Waals surface area contributed by atoms with Gasteiger partial charge in [0.15, 0.2) is 0 Å². The van der Waals surface area contributed by atoms with Crippen molar-refractivity contribution in [3.05, 3.63) is 47.9 Å². The Morgan fingerprint density at radius 3 is 2.65 bits per heavy atom. The van der Waals surface area contributed by atoms with E-state index in [2.05, 4.69) is 31.2 Å². The molecule has 7 heteroatoms. The normalized spacial score (nSPS) is 33.1. The van der Waals surface area contributed by atoms with Crippen LogP contribution in [0, 0.1) is 35.3 Å². The van der Waals surface area contributed by atoms with Crippen molar-refractivity contribution in [2.24, 2.45) is 17.3 Å².